The molecule has 2 rings (SSSR count). The van der Waals surface area contributed by atoms with Crippen molar-refractivity contribution >= 4 is 27.8 Å². The minimum absolute atomic E-state index is 0.107. The van der Waals surface area contributed by atoms with E-state index >= 15 is 0 Å². The molecule has 0 amide bonds. The number of ketones is 1. The minimum Gasteiger partial charge on any atom is -0.397 e. The molecule has 2 heterocycles. The molecule has 4 nitrogen and oxygen atoms in total. The summed E-state index contributed by atoms with van der Waals surface area (Å²) < 4.78 is 0. The smallest absolute Gasteiger partial charge is 0.174 e. The van der Waals surface area contributed by atoms with Crippen molar-refractivity contribution in [1.82, 2.24) is 0 Å². The summed E-state index contributed by atoms with van der Waals surface area (Å²) >= 11 is 1.48. The van der Waals surface area contributed by atoms with Crippen LogP contribution < -0.4 is 10.6 Å². The molecule has 1 atom stereocenters. The van der Waals surface area contributed by atoms with Gasteiger partial charge in [0.1, 0.15) is 0 Å². The number of nitrogen functional groups attached to an aromatic ring is 1. The van der Waals surface area contributed by atoms with Gasteiger partial charge < -0.3 is 15.7 Å². The van der Waals surface area contributed by atoms with Gasteiger partial charge in [-0.1, -0.05) is 6.92 Å². The molecule has 0 bridgehead atoms. The van der Waals surface area contributed by atoms with Crippen molar-refractivity contribution in [2.45, 2.75) is 45.1 Å². The fraction of sp³-hybridized carbons (Fsp3) is 0.643. The number of nitrogens with zero attached hydrogens (tertiary/aromatic N) is 1. The standard InChI is InChI=1S/C14H22N2O2S/c1-3-11(17)13-10(15)9-12(19-13)16-7-4-5-14(2,18)6-8-16/h9,18H,3-8,15H2,1-2H3. The summed E-state index contributed by atoms with van der Waals surface area (Å²) in [5.74, 6) is 0.107. The van der Waals surface area contributed by atoms with Crippen LogP contribution in [-0.2, 0) is 0 Å². The molecule has 1 fully saturated rings. The highest BCUT2D eigenvalue weighted by Crippen LogP contribution is 2.35. The first kappa shape index (κ1) is 14.3. The van der Waals surface area contributed by atoms with Crippen molar-refractivity contribution in [3.8, 4) is 0 Å². The number of Topliss-reactive ketones (excluding diaryl/α,β-unsaturated/α-hetero) is 1. The Morgan fingerprint density at radius 3 is 2.95 bits per heavy atom. The van der Waals surface area contributed by atoms with Crippen molar-refractivity contribution in [1.29, 1.82) is 0 Å². The van der Waals surface area contributed by atoms with E-state index in [1.165, 1.54) is 11.3 Å². The highest BCUT2D eigenvalue weighted by molar-refractivity contribution is 7.18. The van der Waals surface area contributed by atoms with Gasteiger partial charge in [0.25, 0.3) is 0 Å². The van der Waals surface area contributed by atoms with Crippen LogP contribution in [0.2, 0.25) is 0 Å². The van der Waals surface area contributed by atoms with Crippen LogP contribution in [0.1, 0.15) is 49.2 Å². The van der Waals surface area contributed by atoms with E-state index in [0.717, 1.165) is 37.4 Å². The Morgan fingerprint density at radius 2 is 2.26 bits per heavy atom. The fourth-order valence-corrected chi connectivity index (χ4v) is 3.55. The van der Waals surface area contributed by atoms with Crippen molar-refractivity contribution in [2.24, 2.45) is 0 Å². The summed E-state index contributed by atoms with van der Waals surface area (Å²) in [6.45, 7) is 5.47. The van der Waals surface area contributed by atoms with Gasteiger partial charge in [-0.15, -0.1) is 11.3 Å². The summed E-state index contributed by atoms with van der Waals surface area (Å²) in [6.07, 6.45) is 3.02. The van der Waals surface area contributed by atoms with E-state index in [1.807, 2.05) is 19.9 Å². The number of carbonyl (C=O) groups is 1. The second-order valence-electron chi connectivity index (χ2n) is 5.48. The lowest BCUT2D eigenvalue weighted by Crippen LogP contribution is -2.27. The van der Waals surface area contributed by atoms with Gasteiger partial charge in [-0.2, -0.15) is 0 Å². The maximum absolute atomic E-state index is 11.8. The number of nitrogens with two attached hydrogens (primary N) is 1. The number of anilines is 2. The average molecular weight is 282 g/mol. The molecule has 0 radical (unpaired) electrons. The van der Waals surface area contributed by atoms with Crippen LogP contribution in [0.5, 0.6) is 0 Å². The average Bonchev–Trinajstić information content (AvgIpc) is 2.64. The zero-order valence-corrected chi connectivity index (χ0v) is 12.4. The van der Waals surface area contributed by atoms with Crippen molar-refractivity contribution < 1.29 is 9.90 Å². The second kappa shape index (κ2) is 5.51. The Morgan fingerprint density at radius 1 is 1.53 bits per heavy atom. The molecule has 0 spiro atoms. The lowest BCUT2D eigenvalue weighted by Gasteiger charge is -2.22. The molecule has 1 aliphatic heterocycles. The molecular formula is C14H22N2O2S. The van der Waals surface area contributed by atoms with E-state index in [9.17, 15) is 9.90 Å². The third-order valence-corrected chi connectivity index (χ3v) is 4.95. The topological polar surface area (TPSA) is 66.6 Å². The van der Waals surface area contributed by atoms with Crippen LogP contribution >= 0.6 is 11.3 Å². The molecule has 1 aromatic rings. The third-order valence-electron chi connectivity index (χ3n) is 3.70. The largest absolute Gasteiger partial charge is 0.397 e. The van der Waals surface area contributed by atoms with Crippen molar-refractivity contribution in [3.05, 3.63) is 10.9 Å². The normalized spacial score (nSPS) is 24.3. The molecule has 0 aliphatic carbocycles. The maximum atomic E-state index is 11.8. The minimum atomic E-state index is -0.570. The zero-order valence-electron chi connectivity index (χ0n) is 11.6. The molecule has 1 saturated heterocycles. The van der Waals surface area contributed by atoms with E-state index in [-0.39, 0.29) is 5.78 Å². The highest BCUT2D eigenvalue weighted by atomic mass is 32.1. The van der Waals surface area contributed by atoms with Crippen molar-refractivity contribution in [3.63, 3.8) is 0 Å². The lowest BCUT2D eigenvalue weighted by molar-refractivity contribution is 0.0481. The number of hydrogen-bond acceptors (Lipinski definition) is 5. The summed E-state index contributed by atoms with van der Waals surface area (Å²) in [4.78, 5) is 14.7. The zero-order chi connectivity index (χ0) is 14.0. The van der Waals surface area contributed by atoms with Crippen molar-refractivity contribution in [2.75, 3.05) is 23.7 Å². The Bertz CT molecular complexity index is 468. The van der Waals surface area contributed by atoms with Gasteiger partial charge in [0.15, 0.2) is 5.78 Å². The van der Waals surface area contributed by atoms with E-state index in [0.29, 0.717) is 17.0 Å². The molecule has 1 aliphatic rings. The number of aliphatic hydroxyl groups is 1. The Hall–Kier alpha value is -1.07. The summed E-state index contributed by atoms with van der Waals surface area (Å²) in [6, 6.07) is 1.90. The molecule has 1 unspecified atom stereocenters. The van der Waals surface area contributed by atoms with Crippen LogP contribution in [0.4, 0.5) is 10.7 Å². The summed E-state index contributed by atoms with van der Waals surface area (Å²) in [5.41, 5.74) is 5.95. The number of hydrogen-bond donors (Lipinski definition) is 2. The molecule has 106 valence electrons. The van der Waals surface area contributed by atoms with Crippen LogP contribution in [0.25, 0.3) is 0 Å². The number of thiophene rings is 1. The monoisotopic (exact) mass is 282 g/mol. The van der Waals surface area contributed by atoms with Crippen LogP contribution in [0.3, 0.4) is 0 Å². The SMILES string of the molecule is CCC(=O)c1sc(N2CCCC(C)(O)CC2)cc1N. The molecular weight excluding hydrogens is 260 g/mol. The van der Waals surface area contributed by atoms with E-state index in [4.69, 9.17) is 5.73 Å². The molecule has 1 aromatic heterocycles. The first-order chi connectivity index (χ1) is 8.93. The van der Waals surface area contributed by atoms with E-state index < -0.39 is 5.60 Å². The summed E-state index contributed by atoms with van der Waals surface area (Å²) in [7, 11) is 0. The highest BCUT2D eigenvalue weighted by Gasteiger charge is 2.26. The van der Waals surface area contributed by atoms with Gasteiger partial charge >= 0.3 is 0 Å². The van der Waals surface area contributed by atoms with E-state index in [1.54, 1.807) is 0 Å². The van der Waals surface area contributed by atoms with Gasteiger partial charge in [-0.3, -0.25) is 4.79 Å². The molecule has 0 saturated carbocycles. The fourth-order valence-electron chi connectivity index (χ4n) is 2.41. The Kier molecular flexibility index (Phi) is 4.16. The Labute approximate surface area is 118 Å². The van der Waals surface area contributed by atoms with Crippen LogP contribution in [-0.4, -0.2) is 29.6 Å². The lowest BCUT2D eigenvalue weighted by atomic mass is 9.98. The maximum Gasteiger partial charge on any atom is 0.174 e. The van der Waals surface area contributed by atoms with Crippen LogP contribution in [0, 0.1) is 0 Å². The quantitative estimate of drug-likeness (QED) is 0.836. The molecule has 5 heteroatoms. The summed E-state index contributed by atoms with van der Waals surface area (Å²) in [5, 5.41) is 11.2. The van der Waals surface area contributed by atoms with Crippen LogP contribution in [0.15, 0.2) is 6.07 Å². The number of rotatable bonds is 3. The molecule has 3 N–H and O–H groups in total. The first-order valence-corrected chi connectivity index (χ1v) is 7.64. The third kappa shape index (κ3) is 3.28. The van der Waals surface area contributed by atoms with Gasteiger partial charge in [0, 0.05) is 19.5 Å². The van der Waals surface area contributed by atoms with Gasteiger partial charge in [-0.05, 0) is 32.3 Å². The van der Waals surface area contributed by atoms with Gasteiger partial charge in [0.2, 0.25) is 0 Å². The first-order valence-electron chi connectivity index (χ1n) is 6.83. The number of carbonyl (C=O) groups excluding carboxylic acids is 1. The molecule has 0 aromatic carbocycles. The Balaban J connectivity index is 2.16. The molecule has 19 heavy (non-hydrogen) atoms. The van der Waals surface area contributed by atoms with Gasteiger partial charge in [-0.25, -0.2) is 0 Å². The predicted molar refractivity (Wildman–Crippen MR) is 80.0 cm³/mol. The second-order valence-corrected chi connectivity index (χ2v) is 6.51. The predicted octanol–water partition coefficient (Wildman–Crippen LogP) is 2.66. The van der Waals surface area contributed by atoms with E-state index in [2.05, 4.69) is 4.90 Å². The van der Waals surface area contributed by atoms with Gasteiger partial charge in [0.05, 0.1) is 21.2 Å².